The fourth-order valence-electron chi connectivity index (χ4n) is 5.93. The van der Waals surface area contributed by atoms with E-state index in [1.54, 1.807) is 6.07 Å². The number of nitrogens with zero attached hydrogens (tertiary/aromatic N) is 4. The van der Waals surface area contributed by atoms with Gasteiger partial charge in [0.1, 0.15) is 16.2 Å². The van der Waals surface area contributed by atoms with E-state index >= 15 is 0 Å². The average molecular weight is 533 g/mol. The maximum Gasteiger partial charge on any atom is 0.258 e. The molecule has 38 heavy (non-hydrogen) atoms. The molecular formula is C28H32N6O3S. The molecule has 0 saturated carbocycles. The molecule has 0 bridgehead atoms. The van der Waals surface area contributed by atoms with Crippen LogP contribution in [-0.2, 0) is 4.79 Å². The van der Waals surface area contributed by atoms with Gasteiger partial charge in [-0.3, -0.25) is 18.8 Å². The van der Waals surface area contributed by atoms with Crippen LogP contribution >= 0.6 is 11.3 Å². The van der Waals surface area contributed by atoms with E-state index in [0.29, 0.717) is 54.4 Å². The monoisotopic (exact) mass is 532 g/mol. The molecule has 2 amide bonds. The summed E-state index contributed by atoms with van der Waals surface area (Å²) in [5.41, 5.74) is 6.84. The van der Waals surface area contributed by atoms with Crippen LogP contribution < -0.4 is 21.4 Å². The Kier molecular flexibility index (Phi) is 6.53. The molecule has 3 aromatic heterocycles. The summed E-state index contributed by atoms with van der Waals surface area (Å²) in [6, 6.07) is 12.0. The molecule has 2 aliphatic rings. The van der Waals surface area contributed by atoms with Crippen LogP contribution in [0.4, 0.5) is 5.82 Å². The highest BCUT2D eigenvalue weighted by Crippen LogP contribution is 2.32. The predicted molar refractivity (Wildman–Crippen MR) is 151 cm³/mol. The summed E-state index contributed by atoms with van der Waals surface area (Å²) in [5, 5.41) is 3.45. The first-order chi connectivity index (χ1) is 18.4. The molecule has 1 aromatic carbocycles. The molecule has 9 nitrogen and oxygen atoms in total. The number of hydrogen-bond donors (Lipinski definition) is 2. The Hall–Kier alpha value is -3.50. The number of para-hydroxylation sites is 1. The van der Waals surface area contributed by atoms with Crippen LogP contribution in [0.15, 0.2) is 41.2 Å². The minimum Gasteiger partial charge on any atom is -0.369 e. The molecule has 0 spiro atoms. The number of aromatic nitrogens is 2. The minimum absolute atomic E-state index is 0.114. The number of amides is 2. The number of benzene rings is 1. The number of nitrogens with one attached hydrogen (secondary N) is 1. The minimum atomic E-state index is -0.334. The third-order valence-corrected chi connectivity index (χ3v) is 9.30. The second-order valence-corrected chi connectivity index (χ2v) is 11.5. The van der Waals surface area contributed by atoms with E-state index in [4.69, 9.17) is 10.7 Å². The summed E-state index contributed by atoms with van der Waals surface area (Å²) >= 11 is 1.44. The molecule has 5 heterocycles. The van der Waals surface area contributed by atoms with Crippen molar-refractivity contribution in [3.05, 3.63) is 52.2 Å². The van der Waals surface area contributed by atoms with Crippen molar-refractivity contribution in [2.75, 3.05) is 38.1 Å². The fraction of sp³-hybridized carbons (Fsp3) is 0.429. The second-order valence-electron chi connectivity index (χ2n) is 10.4. The third-order valence-electron chi connectivity index (χ3n) is 8.16. The Morgan fingerprint density at radius 1 is 1.11 bits per heavy atom. The summed E-state index contributed by atoms with van der Waals surface area (Å²) in [5.74, 6) is 0.0492. The quantitative estimate of drug-likeness (QED) is 0.395. The lowest BCUT2D eigenvalue weighted by Gasteiger charge is -2.31. The molecule has 6 rings (SSSR count). The maximum absolute atomic E-state index is 13.8. The molecule has 0 aliphatic carbocycles. The van der Waals surface area contributed by atoms with Gasteiger partial charge in [-0.2, -0.15) is 0 Å². The van der Waals surface area contributed by atoms with Gasteiger partial charge in [0.2, 0.25) is 11.3 Å². The zero-order chi connectivity index (χ0) is 26.4. The maximum atomic E-state index is 13.8. The van der Waals surface area contributed by atoms with Gasteiger partial charge in [-0.15, -0.1) is 11.3 Å². The summed E-state index contributed by atoms with van der Waals surface area (Å²) in [4.78, 5) is 48.8. The number of fused-ring (bicyclic) bond motifs is 5. The molecule has 4 aromatic rings. The van der Waals surface area contributed by atoms with E-state index in [9.17, 15) is 14.4 Å². The SMILES string of the molecule is CN1CCCC1CCNC(=O)c1c(=O)c2ccc(N3CCC(C(N)=O)CC3)nc2n2c1sc1ccccc12. The standard InChI is InChI=1S/C28H32N6O3S/c1-32-14-4-5-18(32)10-13-30-27(37)23-24(35)19-8-9-22(33-15-11-17(12-16-33)25(29)36)31-26(19)34-20-6-2-3-7-21(20)38-28(23)34/h2-3,6-9,17-18H,4-5,10-16H2,1H3,(H2,29,36)(H,30,37). The smallest absolute Gasteiger partial charge is 0.258 e. The summed E-state index contributed by atoms with van der Waals surface area (Å²) in [6.07, 6.45) is 4.55. The molecule has 2 aliphatic heterocycles. The Bertz CT molecular complexity index is 1600. The van der Waals surface area contributed by atoms with Crippen LogP contribution in [0.5, 0.6) is 0 Å². The first-order valence-corrected chi connectivity index (χ1v) is 14.1. The number of piperidine rings is 1. The highest BCUT2D eigenvalue weighted by atomic mass is 32.1. The van der Waals surface area contributed by atoms with Crippen LogP contribution in [0.2, 0.25) is 0 Å². The van der Waals surface area contributed by atoms with Crippen molar-refractivity contribution in [1.82, 2.24) is 19.6 Å². The van der Waals surface area contributed by atoms with Gasteiger partial charge in [-0.1, -0.05) is 12.1 Å². The van der Waals surface area contributed by atoms with Gasteiger partial charge in [0.05, 0.1) is 15.6 Å². The Balaban J connectivity index is 1.40. The summed E-state index contributed by atoms with van der Waals surface area (Å²) in [6.45, 7) is 2.96. The highest BCUT2D eigenvalue weighted by Gasteiger charge is 2.27. The molecule has 1 unspecified atom stereocenters. The number of carbonyl (C=O) groups is 2. The Morgan fingerprint density at radius 3 is 2.63 bits per heavy atom. The number of rotatable bonds is 6. The number of nitrogens with two attached hydrogens (primary N) is 1. The highest BCUT2D eigenvalue weighted by molar-refractivity contribution is 7.24. The first kappa shape index (κ1) is 24.8. The van der Waals surface area contributed by atoms with Crippen LogP contribution in [0.3, 0.4) is 0 Å². The molecule has 2 fully saturated rings. The third kappa shape index (κ3) is 4.31. The van der Waals surface area contributed by atoms with Crippen molar-refractivity contribution in [2.45, 2.75) is 38.1 Å². The molecule has 2 saturated heterocycles. The summed E-state index contributed by atoms with van der Waals surface area (Å²) < 4.78 is 2.94. The van der Waals surface area contributed by atoms with Crippen LogP contribution in [-0.4, -0.2) is 65.4 Å². The largest absolute Gasteiger partial charge is 0.369 e. The normalized spacial score (nSPS) is 19.1. The van der Waals surface area contributed by atoms with Crippen molar-refractivity contribution < 1.29 is 9.59 Å². The number of hydrogen-bond acceptors (Lipinski definition) is 7. The van der Waals surface area contributed by atoms with E-state index in [-0.39, 0.29) is 28.7 Å². The second kappa shape index (κ2) is 9.99. The molecule has 10 heteroatoms. The lowest BCUT2D eigenvalue weighted by molar-refractivity contribution is -0.122. The Labute approximate surface area is 224 Å². The van der Waals surface area contributed by atoms with Crippen LogP contribution in [0, 0.1) is 5.92 Å². The number of pyridine rings is 2. The van der Waals surface area contributed by atoms with E-state index in [2.05, 4.69) is 22.2 Å². The summed E-state index contributed by atoms with van der Waals surface area (Å²) in [7, 11) is 2.12. The zero-order valence-corrected chi connectivity index (χ0v) is 22.3. The van der Waals surface area contributed by atoms with Gasteiger partial charge in [0, 0.05) is 31.6 Å². The van der Waals surface area contributed by atoms with E-state index in [1.807, 2.05) is 34.7 Å². The fourth-order valence-corrected chi connectivity index (χ4v) is 7.11. The molecular weight excluding hydrogens is 500 g/mol. The lowest BCUT2D eigenvalue weighted by Crippen LogP contribution is -2.39. The Morgan fingerprint density at radius 2 is 1.89 bits per heavy atom. The van der Waals surface area contributed by atoms with Gasteiger partial charge in [-0.05, 0) is 70.0 Å². The number of anilines is 1. The van der Waals surface area contributed by atoms with Gasteiger partial charge in [0.25, 0.3) is 5.91 Å². The number of likely N-dealkylation sites (tertiary alicyclic amines) is 1. The molecule has 3 N–H and O–H groups in total. The van der Waals surface area contributed by atoms with Gasteiger partial charge in [0.15, 0.2) is 5.65 Å². The number of thiazole rings is 1. The van der Waals surface area contributed by atoms with Crippen molar-refractivity contribution in [3.8, 4) is 0 Å². The molecule has 1 atom stereocenters. The zero-order valence-electron chi connectivity index (χ0n) is 21.5. The van der Waals surface area contributed by atoms with E-state index in [0.717, 1.165) is 35.4 Å². The topological polar surface area (TPSA) is 113 Å². The molecule has 0 radical (unpaired) electrons. The average Bonchev–Trinajstić information content (AvgIpc) is 3.51. The van der Waals surface area contributed by atoms with Crippen molar-refractivity contribution >= 4 is 55.0 Å². The van der Waals surface area contributed by atoms with Gasteiger partial charge < -0.3 is 20.9 Å². The van der Waals surface area contributed by atoms with Crippen molar-refractivity contribution in [1.29, 1.82) is 0 Å². The van der Waals surface area contributed by atoms with Crippen LogP contribution in [0.25, 0.3) is 26.1 Å². The number of primary amides is 1. The molecule has 198 valence electrons. The van der Waals surface area contributed by atoms with E-state index in [1.165, 1.54) is 17.8 Å². The lowest BCUT2D eigenvalue weighted by atomic mass is 9.96. The first-order valence-electron chi connectivity index (χ1n) is 13.3. The van der Waals surface area contributed by atoms with E-state index < -0.39 is 0 Å². The van der Waals surface area contributed by atoms with Gasteiger partial charge >= 0.3 is 0 Å². The predicted octanol–water partition coefficient (Wildman–Crippen LogP) is 2.98. The van der Waals surface area contributed by atoms with Crippen molar-refractivity contribution in [3.63, 3.8) is 0 Å². The number of carbonyl (C=O) groups excluding carboxylic acids is 2. The van der Waals surface area contributed by atoms with Crippen LogP contribution in [0.1, 0.15) is 42.5 Å². The van der Waals surface area contributed by atoms with Crippen molar-refractivity contribution in [2.24, 2.45) is 11.7 Å². The van der Waals surface area contributed by atoms with Gasteiger partial charge in [-0.25, -0.2) is 4.98 Å².